The smallest absolute Gasteiger partial charge is 0.432 e. The highest BCUT2D eigenvalue weighted by Gasteiger charge is 2.41. The van der Waals surface area contributed by atoms with Gasteiger partial charge in [0.15, 0.2) is 17.8 Å². The summed E-state index contributed by atoms with van der Waals surface area (Å²) in [7, 11) is 0. The van der Waals surface area contributed by atoms with E-state index < -0.39 is 46.7 Å². The Labute approximate surface area is 190 Å². The average Bonchev–Trinajstić information content (AvgIpc) is 2.76. The van der Waals surface area contributed by atoms with E-state index in [1.807, 2.05) is 0 Å². The van der Waals surface area contributed by atoms with Crippen molar-refractivity contribution in [1.29, 1.82) is 0 Å². The molecule has 3 rings (SSSR count). The van der Waals surface area contributed by atoms with Crippen molar-refractivity contribution in [2.75, 3.05) is 0 Å². The molecular weight excluding hydrogens is 465 g/mol. The molecule has 3 aromatic carbocycles. The normalized spacial score (nSPS) is 11.1. The van der Waals surface area contributed by atoms with E-state index in [1.165, 1.54) is 0 Å². The number of hydrogen-bond donors (Lipinski definition) is 0. The molecule has 0 unspecified atom stereocenters. The number of rotatable bonds is 9. The molecule has 0 spiro atoms. The maximum absolute atomic E-state index is 14.6. The third-order valence-electron chi connectivity index (χ3n) is 4.68. The van der Waals surface area contributed by atoms with Gasteiger partial charge >= 0.3 is 12.2 Å². The second-order valence-corrected chi connectivity index (χ2v) is 7.08. The number of hydrogen-bond acceptors (Lipinski definition) is 2. The molecule has 178 valence electrons. The Hall–Kier alpha value is -3.75. The van der Waals surface area contributed by atoms with Gasteiger partial charge in [0.05, 0.1) is 0 Å². The van der Waals surface area contributed by atoms with Crippen molar-refractivity contribution in [1.82, 2.24) is 0 Å². The van der Waals surface area contributed by atoms with Crippen LogP contribution in [0.1, 0.15) is 17.5 Å². The average molecular weight is 482 g/mol. The molecule has 34 heavy (non-hydrogen) atoms. The van der Waals surface area contributed by atoms with Gasteiger partial charge in [-0.05, 0) is 53.8 Å². The number of ether oxygens (including phenoxy) is 2. The first-order valence-corrected chi connectivity index (χ1v) is 9.84. The van der Waals surface area contributed by atoms with Crippen LogP contribution in [-0.2, 0) is 12.5 Å². The highest BCUT2D eigenvalue weighted by Crippen LogP contribution is 2.38. The maximum Gasteiger partial charge on any atom is 0.432 e. The molecule has 0 aliphatic heterocycles. The second kappa shape index (κ2) is 10.5. The van der Waals surface area contributed by atoms with Gasteiger partial charge in [-0.15, -0.1) is 6.58 Å². The van der Waals surface area contributed by atoms with Crippen LogP contribution in [0.3, 0.4) is 0 Å². The molecule has 0 saturated carbocycles. The van der Waals surface area contributed by atoms with Gasteiger partial charge in [0, 0.05) is 6.07 Å². The molecule has 0 amide bonds. The largest absolute Gasteiger partial charge is 0.456 e. The lowest BCUT2D eigenvalue weighted by atomic mass is 10.00. The van der Waals surface area contributed by atoms with Gasteiger partial charge in [-0.1, -0.05) is 30.3 Å². The van der Waals surface area contributed by atoms with Crippen LogP contribution < -0.4 is 9.47 Å². The number of alkyl halides is 2. The van der Waals surface area contributed by atoms with E-state index >= 15 is 0 Å². The molecular formula is C25H17F7O2. The zero-order valence-corrected chi connectivity index (χ0v) is 17.4. The van der Waals surface area contributed by atoms with Gasteiger partial charge in [0.2, 0.25) is 0 Å². The van der Waals surface area contributed by atoms with Crippen LogP contribution in [0.4, 0.5) is 30.7 Å². The molecule has 0 radical (unpaired) electrons. The number of benzene rings is 3. The van der Waals surface area contributed by atoms with E-state index in [0.717, 1.165) is 42.7 Å². The van der Waals surface area contributed by atoms with E-state index in [9.17, 15) is 30.7 Å². The first kappa shape index (κ1) is 24.9. The van der Waals surface area contributed by atoms with Gasteiger partial charge < -0.3 is 9.47 Å². The Morgan fingerprint density at radius 1 is 0.853 bits per heavy atom. The fraction of sp³-hybridized carbons (Fsp3) is 0.120. The Bertz CT molecular complexity index is 1180. The summed E-state index contributed by atoms with van der Waals surface area (Å²) >= 11 is 0. The Morgan fingerprint density at radius 2 is 1.50 bits per heavy atom. The summed E-state index contributed by atoms with van der Waals surface area (Å²) in [6.45, 7) is 3.63. The van der Waals surface area contributed by atoms with Crippen molar-refractivity contribution in [3.05, 3.63) is 108 Å². The van der Waals surface area contributed by atoms with Crippen LogP contribution in [0.2, 0.25) is 0 Å². The fourth-order valence-electron chi connectivity index (χ4n) is 3.10. The van der Waals surface area contributed by atoms with Crippen LogP contribution in [-0.4, -0.2) is 0 Å². The van der Waals surface area contributed by atoms with E-state index in [-0.39, 0.29) is 11.8 Å². The molecule has 9 heteroatoms. The first-order valence-electron chi connectivity index (χ1n) is 9.84. The van der Waals surface area contributed by atoms with E-state index in [2.05, 4.69) is 16.1 Å². The maximum atomic E-state index is 14.6. The standard InChI is InChI=1S/C25H17F7O2/c1-2-3-4-15-5-7-16(8-6-15)17-11-20(27)24(21(28)12-17)25(31,32)34-18-9-10-22(19(26)13-18)33-14-23(29)30/h2,5-14H,1,3-4H2. The molecule has 0 heterocycles. The van der Waals surface area contributed by atoms with E-state index in [4.69, 9.17) is 0 Å². The Morgan fingerprint density at radius 3 is 2.06 bits per heavy atom. The second-order valence-electron chi connectivity index (χ2n) is 7.08. The molecule has 0 atom stereocenters. The third-order valence-corrected chi connectivity index (χ3v) is 4.68. The molecule has 0 fully saturated rings. The minimum atomic E-state index is -4.51. The minimum Gasteiger partial charge on any atom is -0.456 e. The highest BCUT2D eigenvalue weighted by atomic mass is 19.3. The van der Waals surface area contributed by atoms with E-state index in [0.29, 0.717) is 11.6 Å². The van der Waals surface area contributed by atoms with Gasteiger partial charge in [0.1, 0.15) is 22.9 Å². The zero-order valence-electron chi connectivity index (χ0n) is 17.4. The Kier molecular flexibility index (Phi) is 7.65. The number of aryl methyl sites for hydroxylation is 1. The quantitative estimate of drug-likeness (QED) is 0.174. The van der Waals surface area contributed by atoms with Crippen molar-refractivity contribution in [2.24, 2.45) is 0 Å². The van der Waals surface area contributed by atoms with Gasteiger partial charge in [-0.2, -0.15) is 17.6 Å². The van der Waals surface area contributed by atoms with Crippen LogP contribution >= 0.6 is 0 Å². The van der Waals surface area contributed by atoms with Gasteiger partial charge in [0.25, 0.3) is 0 Å². The lowest BCUT2D eigenvalue weighted by molar-refractivity contribution is -0.189. The van der Waals surface area contributed by atoms with E-state index in [1.54, 1.807) is 30.3 Å². The molecule has 0 aromatic heterocycles. The van der Waals surface area contributed by atoms with Gasteiger partial charge in [-0.25, -0.2) is 13.2 Å². The summed E-state index contributed by atoms with van der Waals surface area (Å²) in [5, 5.41) is 0. The topological polar surface area (TPSA) is 18.5 Å². The summed E-state index contributed by atoms with van der Waals surface area (Å²) in [5.74, 6) is -5.95. The Balaban J connectivity index is 1.84. The van der Waals surface area contributed by atoms with Crippen molar-refractivity contribution in [3.8, 4) is 22.6 Å². The fourth-order valence-corrected chi connectivity index (χ4v) is 3.10. The molecule has 0 aliphatic rings. The lowest BCUT2D eigenvalue weighted by Crippen LogP contribution is -2.25. The van der Waals surface area contributed by atoms with Crippen molar-refractivity contribution < 1.29 is 40.2 Å². The first-order chi connectivity index (χ1) is 16.1. The molecule has 0 saturated heterocycles. The zero-order chi connectivity index (χ0) is 24.9. The monoisotopic (exact) mass is 482 g/mol. The SMILES string of the molecule is C=CCCc1ccc(-c2cc(F)c(C(F)(F)Oc3ccc(OC=C(F)F)c(F)c3)c(F)c2)cc1. The number of halogens is 7. The highest BCUT2D eigenvalue weighted by molar-refractivity contribution is 5.64. The number of allylic oxidation sites excluding steroid dienone is 1. The molecule has 2 nitrogen and oxygen atoms in total. The lowest BCUT2D eigenvalue weighted by Gasteiger charge is -2.20. The van der Waals surface area contributed by atoms with Crippen LogP contribution in [0, 0.1) is 17.5 Å². The van der Waals surface area contributed by atoms with Crippen molar-refractivity contribution >= 4 is 0 Å². The predicted octanol–water partition coefficient (Wildman–Crippen LogP) is 8.13. The molecule has 3 aromatic rings. The molecule has 0 bridgehead atoms. The summed E-state index contributed by atoms with van der Waals surface area (Å²) in [6, 6.07) is 10.1. The summed E-state index contributed by atoms with van der Waals surface area (Å²) < 4.78 is 105. The summed E-state index contributed by atoms with van der Waals surface area (Å²) in [5.41, 5.74) is -0.254. The van der Waals surface area contributed by atoms with Gasteiger partial charge in [-0.3, -0.25) is 0 Å². The molecule has 0 N–H and O–H groups in total. The van der Waals surface area contributed by atoms with Crippen molar-refractivity contribution in [3.63, 3.8) is 0 Å². The third kappa shape index (κ3) is 5.98. The predicted molar refractivity (Wildman–Crippen MR) is 112 cm³/mol. The summed E-state index contributed by atoms with van der Waals surface area (Å²) in [6.07, 6.45) is -3.58. The summed E-state index contributed by atoms with van der Waals surface area (Å²) in [4.78, 5) is 0. The minimum absolute atomic E-state index is 0.0329. The van der Waals surface area contributed by atoms with Crippen molar-refractivity contribution in [2.45, 2.75) is 19.0 Å². The van der Waals surface area contributed by atoms with Crippen LogP contribution in [0.25, 0.3) is 11.1 Å². The molecule has 0 aliphatic carbocycles. The van der Waals surface area contributed by atoms with Crippen LogP contribution in [0.15, 0.2) is 79.6 Å². The van der Waals surface area contributed by atoms with Crippen LogP contribution in [0.5, 0.6) is 11.5 Å².